The molecule has 0 fully saturated rings. The van der Waals surface area contributed by atoms with Gasteiger partial charge in [0.1, 0.15) is 12.2 Å². The van der Waals surface area contributed by atoms with Crippen LogP contribution in [0.2, 0.25) is 0 Å². The SMILES string of the molecule is CC(CC(F)F)OC(=O)OC(C)CC(F)F. The van der Waals surface area contributed by atoms with E-state index in [1.807, 2.05) is 0 Å². The van der Waals surface area contributed by atoms with Crippen molar-refractivity contribution in [1.29, 1.82) is 0 Å². The molecule has 0 aromatic heterocycles. The molecule has 2 atom stereocenters. The molecule has 0 aliphatic carbocycles. The topological polar surface area (TPSA) is 35.5 Å². The van der Waals surface area contributed by atoms with Gasteiger partial charge in [0.15, 0.2) is 0 Å². The Morgan fingerprint density at radius 2 is 1.25 bits per heavy atom. The number of carbonyl (C=O) groups is 1. The predicted molar refractivity (Wildman–Crippen MR) is 47.7 cm³/mol. The molecule has 0 spiro atoms. The Morgan fingerprint density at radius 3 is 1.50 bits per heavy atom. The van der Waals surface area contributed by atoms with Crippen LogP contribution in [0.3, 0.4) is 0 Å². The number of rotatable bonds is 6. The fraction of sp³-hybridized carbons (Fsp3) is 0.889. The van der Waals surface area contributed by atoms with E-state index in [9.17, 15) is 22.4 Å². The predicted octanol–water partition coefficient (Wildman–Crippen LogP) is 3.23. The van der Waals surface area contributed by atoms with Gasteiger partial charge in [0, 0.05) is 12.8 Å². The zero-order valence-electron chi connectivity index (χ0n) is 8.96. The highest BCUT2D eigenvalue weighted by Gasteiger charge is 2.19. The molecule has 0 heterocycles. The third kappa shape index (κ3) is 8.31. The Labute approximate surface area is 90.7 Å². The Bertz CT molecular complexity index is 191. The van der Waals surface area contributed by atoms with Crippen LogP contribution in [-0.4, -0.2) is 31.2 Å². The van der Waals surface area contributed by atoms with Crippen molar-refractivity contribution in [2.75, 3.05) is 0 Å². The molecule has 0 aliphatic heterocycles. The second kappa shape index (κ2) is 7.29. The molecule has 0 radical (unpaired) electrons. The zero-order chi connectivity index (χ0) is 12.7. The minimum Gasteiger partial charge on any atom is -0.431 e. The van der Waals surface area contributed by atoms with Crippen molar-refractivity contribution < 1.29 is 31.8 Å². The molecule has 96 valence electrons. The molecule has 2 unspecified atom stereocenters. The molecule has 0 aliphatic rings. The maximum Gasteiger partial charge on any atom is 0.508 e. The molecule has 0 aromatic rings. The number of ether oxygens (including phenoxy) is 2. The summed E-state index contributed by atoms with van der Waals surface area (Å²) in [6.07, 6.45) is -9.64. The number of alkyl halides is 4. The first-order chi connectivity index (χ1) is 7.31. The van der Waals surface area contributed by atoms with Crippen LogP contribution in [0.5, 0.6) is 0 Å². The molecular formula is C9H14F4O3. The van der Waals surface area contributed by atoms with Gasteiger partial charge in [0.2, 0.25) is 12.9 Å². The van der Waals surface area contributed by atoms with Crippen molar-refractivity contribution in [3.8, 4) is 0 Å². The third-order valence-electron chi connectivity index (χ3n) is 1.62. The van der Waals surface area contributed by atoms with Crippen molar-refractivity contribution in [2.45, 2.75) is 51.7 Å². The van der Waals surface area contributed by atoms with E-state index < -0.39 is 44.1 Å². The van der Waals surface area contributed by atoms with Gasteiger partial charge in [-0.05, 0) is 13.8 Å². The summed E-state index contributed by atoms with van der Waals surface area (Å²) in [5.41, 5.74) is 0. The summed E-state index contributed by atoms with van der Waals surface area (Å²) in [4.78, 5) is 10.9. The first kappa shape index (κ1) is 15.0. The van der Waals surface area contributed by atoms with E-state index in [1.54, 1.807) is 0 Å². The van der Waals surface area contributed by atoms with Gasteiger partial charge >= 0.3 is 6.16 Å². The summed E-state index contributed by atoms with van der Waals surface area (Å²) in [6, 6.07) is 0. The van der Waals surface area contributed by atoms with Gasteiger partial charge in [-0.25, -0.2) is 22.4 Å². The maximum atomic E-state index is 11.8. The van der Waals surface area contributed by atoms with Crippen molar-refractivity contribution >= 4 is 6.16 Å². The van der Waals surface area contributed by atoms with E-state index in [0.29, 0.717) is 0 Å². The fourth-order valence-corrected chi connectivity index (χ4v) is 0.954. The first-order valence-electron chi connectivity index (χ1n) is 4.74. The standard InChI is InChI=1S/C9H14F4O3/c1-5(3-7(10)11)15-9(14)16-6(2)4-8(12)13/h5-8H,3-4H2,1-2H3. The van der Waals surface area contributed by atoms with Crippen LogP contribution < -0.4 is 0 Å². The van der Waals surface area contributed by atoms with Crippen LogP contribution in [0.4, 0.5) is 22.4 Å². The zero-order valence-corrected chi connectivity index (χ0v) is 8.96. The Balaban J connectivity index is 3.80. The van der Waals surface area contributed by atoms with Gasteiger partial charge in [-0.15, -0.1) is 0 Å². The Morgan fingerprint density at radius 1 is 0.938 bits per heavy atom. The van der Waals surface area contributed by atoms with Crippen LogP contribution >= 0.6 is 0 Å². The fourth-order valence-electron chi connectivity index (χ4n) is 0.954. The monoisotopic (exact) mass is 246 g/mol. The third-order valence-corrected chi connectivity index (χ3v) is 1.62. The van der Waals surface area contributed by atoms with Gasteiger partial charge in [-0.3, -0.25) is 0 Å². The molecule has 16 heavy (non-hydrogen) atoms. The molecular weight excluding hydrogens is 232 g/mol. The van der Waals surface area contributed by atoms with Crippen molar-refractivity contribution in [2.24, 2.45) is 0 Å². The van der Waals surface area contributed by atoms with Crippen LogP contribution in [0.15, 0.2) is 0 Å². The van der Waals surface area contributed by atoms with E-state index in [0.717, 1.165) is 0 Å². The lowest BCUT2D eigenvalue weighted by Gasteiger charge is -2.16. The van der Waals surface area contributed by atoms with Crippen molar-refractivity contribution in [1.82, 2.24) is 0 Å². The van der Waals surface area contributed by atoms with Crippen LogP contribution in [0.1, 0.15) is 26.7 Å². The van der Waals surface area contributed by atoms with Gasteiger partial charge in [-0.1, -0.05) is 0 Å². The molecule has 0 rings (SSSR count). The van der Waals surface area contributed by atoms with Crippen molar-refractivity contribution in [3.63, 3.8) is 0 Å². The summed E-state index contributed by atoms with van der Waals surface area (Å²) >= 11 is 0. The second-order valence-corrected chi connectivity index (χ2v) is 3.36. The molecule has 0 amide bonds. The molecule has 0 aromatic carbocycles. The smallest absolute Gasteiger partial charge is 0.431 e. The number of carbonyl (C=O) groups excluding carboxylic acids is 1. The van der Waals surface area contributed by atoms with Crippen LogP contribution in [0.25, 0.3) is 0 Å². The number of hydrogen-bond donors (Lipinski definition) is 0. The first-order valence-corrected chi connectivity index (χ1v) is 4.74. The summed E-state index contributed by atoms with van der Waals surface area (Å²) in [5.74, 6) is 0. The van der Waals surface area contributed by atoms with Crippen LogP contribution in [0, 0.1) is 0 Å². The second-order valence-electron chi connectivity index (χ2n) is 3.36. The van der Waals surface area contributed by atoms with Gasteiger partial charge in [0.25, 0.3) is 0 Å². The summed E-state index contributed by atoms with van der Waals surface area (Å²) in [6.45, 7) is 2.54. The minimum absolute atomic E-state index is 0.613. The Hall–Kier alpha value is -1.01. The molecule has 7 heteroatoms. The van der Waals surface area contributed by atoms with E-state index in [4.69, 9.17) is 0 Å². The average Bonchev–Trinajstić information content (AvgIpc) is 1.97. The lowest BCUT2D eigenvalue weighted by Crippen LogP contribution is -2.23. The maximum absolute atomic E-state index is 11.8. The minimum atomic E-state index is -2.60. The molecule has 3 nitrogen and oxygen atoms in total. The van der Waals surface area contributed by atoms with E-state index in [2.05, 4.69) is 9.47 Å². The molecule has 0 saturated heterocycles. The lowest BCUT2D eigenvalue weighted by molar-refractivity contribution is -0.0226. The van der Waals surface area contributed by atoms with Gasteiger partial charge in [-0.2, -0.15) is 0 Å². The largest absolute Gasteiger partial charge is 0.508 e. The van der Waals surface area contributed by atoms with Gasteiger partial charge in [0.05, 0.1) is 0 Å². The van der Waals surface area contributed by atoms with Crippen molar-refractivity contribution in [3.05, 3.63) is 0 Å². The number of halogens is 4. The van der Waals surface area contributed by atoms with E-state index >= 15 is 0 Å². The van der Waals surface area contributed by atoms with E-state index in [-0.39, 0.29) is 0 Å². The lowest BCUT2D eigenvalue weighted by atomic mass is 10.3. The Kier molecular flexibility index (Phi) is 6.83. The van der Waals surface area contributed by atoms with Gasteiger partial charge < -0.3 is 9.47 Å². The average molecular weight is 246 g/mol. The summed E-state index contributed by atoms with van der Waals surface area (Å²) in [5, 5.41) is 0. The van der Waals surface area contributed by atoms with E-state index in [1.165, 1.54) is 13.8 Å². The highest BCUT2D eigenvalue weighted by atomic mass is 19.3. The van der Waals surface area contributed by atoms with Crippen LogP contribution in [-0.2, 0) is 9.47 Å². The highest BCUT2D eigenvalue weighted by Crippen LogP contribution is 2.11. The molecule has 0 bridgehead atoms. The molecule has 0 saturated carbocycles. The summed E-state index contributed by atoms with van der Waals surface area (Å²) < 4.78 is 56.2. The highest BCUT2D eigenvalue weighted by molar-refractivity contribution is 5.60. The quantitative estimate of drug-likeness (QED) is 0.533. The molecule has 0 N–H and O–H groups in total. The summed E-state index contributed by atoms with van der Waals surface area (Å²) in [7, 11) is 0. The number of hydrogen-bond acceptors (Lipinski definition) is 3. The normalized spacial score (nSPS) is 15.0.